The lowest BCUT2D eigenvalue weighted by Crippen LogP contribution is -2.51. The standard InChI is InChI=1S/C28H31FN2O2S/c1-3-30-28(33)26(17-22-12-5-4-6-13-22)31(18-23-14-9-10-16-25(23)29)27(32)20-34-19-24-15-8-7-11-21(24)2/h4-16,26H,3,17-20H2,1-2H3,(H,30,33). The first-order valence-electron chi connectivity index (χ1n) is 11.5. The molecule has 0 spiro atoms. The van der Waals surface area contributed by atoms with Gasteiger partial charge in [0.2, 0.25) is 11.8 Å². The van der Waals surface area contributed by atoms with E-state index in [-0.39, 0.29) is 29.9 Å². The van der Waals surface area contributed by atoms with Gasteiger partial charge in [0.25, 0.3) is 0 Å². The first kappa shape index (κ1) is 25.5. The third-order valence-corrected chi connectivity index (χ3v) is 6.63. The number of hydrogen-bond donors (Lipinski definition) is 1. The topological polar surface area (TPSA) is 49.4 Å². The lowest BCUT2D eigenvalue weighted by Gasteiger charge is -2.31. The van der Waals surface area contributed by atoms with E-state index in [0.717, 1.165) is 5.56 Å². The number of nitrogens with one attached hydrogen (secondary N) is 1. The van der Waals surface area contributed by atoms with Crippen LogP contribution in [0.25, 0.3) is 0 Å². The summed E-state index contributed by atoms with van der Waals surface area (Å²) in [6.07, 6.45) is 0.356. The Morgan fingerprint density at radius 1 is 0.941 bits per heavy atom. The Kier molecular flexibility index (Phi) is 9.71. The van der Waals surface area contributed by atoms with E-state index in [2.05, 4.69) is 11.4 Å². The van der Waals surface area contributed by atoms with E-state index in [9.17, 15) is 14.0 Å². The zero-order valence-corrected chi connectivity index (χ0v) is 20.5. The van der Waals surface area contributed by atoms with Crippen LogP contribution in [0.1, 0.15) is 29.2 Å². The van der Waals surface area contributed by atoms with Crippen molar-refractivity contribution in [2.24, 2.45) is 0 Å². The molecule has 0 saturated carbocycles. The van der Waals surface area contributed by atoms with Crippen LogP contribution in [-0.2, 0) is 28.3 Å². The number of thioether (sulfide) groups is 1. The Morgan fingerprint density at radius 3 is 2.26 bits per heavy atom. The molecule has 0 bridgehead atoms. The molecule has 1 unspecified atom stereocenters. The highest BCUT2D eigenvalue weighted by molar-refractivity contribution is 7.99. The molecule has 0 heterocycles. The van der Waals surface area contributed by atoms with Crippen molar-refractivity contribution in [3.63, 3.8) is 0 Å². The smallest absolute Gasteiger partial charge is 0.243 e. The molecule has 1 N–H and O–H groups in total. The van der Waals surface area contributed by atoms with E-state index in [4.69, 9.17) is 0 Å². The molecule has 0 fully saturated rings. The van der Waals surface area contributed by atoms with Crippen LogP contribution in [0.4, 0.5) is 4.39 Å². The molecule has 4 nitrogen and oxygen atoms in total. The van der Waals surface area contributed by atoms with E-state index in [1.165, 1.54) is 33.9 Å². The summed E-state index contributed by atoms with van der Waals surface area (Å²) >= 11 is 1.50. The van der Waals surface area contributed by atoms with Crippen molar-refractivity contribution in [1.82, 2.24) is 10.2 Å². The number of halogens is 1. The summed E-state index contributed by atoms with van der Waals surface area (Å²) in [5.41, 5.74) is 3.68. The van der Waals surface area contributed by atoms with Crippen molar-refractivity contribution in [2.75, 3.05) is 12.3 Å². The predicted octanol–water partition coefficient (Wildman–Crippen LogP) is 5.14. The number of likely N-dealkylation sites (N-methyl/N-ethyl adjacent to an activating group) is 1. The van der Waals surface area contributed by atoms with Crippen LogP contribution in [0, 0.1) is 12.7 Å². The molecule has 0 aromatic heterocycles. The molecule has 3 rings (SSSR count). The second-order valence-corrected chi connectivity index (χ2v) is 9.12. The van der Waals surface area contributed by atoms with Gasteiger partial charge < -0.3 is 10.2 Å². The first-order valence-corrected chi connectivity index (χ1v) is 12.6. The second kappa shape index (κ2) is 12.9. The van der Waals surface area contributed by atoms with Crippen LogP contribution in [0.2, 0.25) is 0 Å². The summed E-state index contributed by atoms with van der Waals surface area (Å²) in [6, 6.07) is 23.3. The summed E-state index contributed by atoms with van der Waals surface area (Å²) in [4.78, 5) is 28.1. The minimum absolute atomic E-state index is 0.0328. The normalized spacial score (nSPS) is 11.6. The maximum Gasteiger partial charge on any atom is 0.243 e. The van der Waals surface area contributed by atoms with Crippen molar-refractivity contribution in [3.05, 3.63) is 107 Å². The average Bonchev–Trinajstić information content (AvgIpc) is 2.84. The molecule has 0 aliphatic carbocycles. The number of carbonyl (C=O) groups excluding carboxylic acids is 2. The van der Waals surface area contributed by atoms with Gasteiger partial charge in [0.1, 0.15) is 11.9 Å². The number of benzene rings is 3. The highest BCUT2D eigenvalue weighted by Gasteiger charge is 2.30. The van der Waals surface area contributed by atoms with Crippen LogP contribution in [0.5, 0.6) is 0 Å². The third-order valence-electron chi connectivity index (χ3n) is 5.66. The van der Waals surface area contributed by atoms with E-state index >= 15 is 0 Å². The summed E-state index contributed by atoms with van der Waals surface area (Å²) in [6.45, 7) is 4.38. The molecule has 0 saturated heterocycles. The Labute approximate surface area is 205 Å². The number of nitrogens with zero attached hydrogens (tertiary/aromatic N) is 1. The number of aryl methyl sites for hydroxylation is 1. The molecule has 0 radical (unpaired) electrons. The predicted molar refractivity (Wildman–Crippen MR) is 137 cm³/mol. The molecule has 178 valence electrons. The summed E-state index contributed by atoms with van der Waals surface area (Å²) in [5, 5.41) is 2.86. The van der Waals surface area contributed by atoms with E-state index < -0.39 is 6.04 Å². The zero-order valence-electron chi connectivity index (χ0n) is 19.7. The van der Waals surface area contributed by atoms with Crippen molar-refractivity contribution >= 4 is 23.6 Å². The monoisotopic (exact) mass is 478 g/mol. The Hall–Kier alpha value is -3.12. The van der Waals surface area contributed by atoms with Gasteiger partial charge in [-0.1, -0.05) is 72.8 Å². The van der Waals surface area contributed by atoms with Gasteiger partial charge in [-0.25, -0.2) is 4.39 Å². The minimum atomic E-state index is -0.742. The highest BCUT2D eigenvalue weighted by atomic mass is 32.2. The Balaban J connectivity index is 1.84. The molecule has 3 aromatic rings. The van der Waals surface area contributed by atoms with Crippen LogP contribution in [-0.4, -0.2) is 35.1 Å². The summed E-state index contributed by atoms with van der Waals surface area (Å²) in [5.74, 6) is 0.0837. The molecule has 0 aliphatic heterocycles. The molecule has 6 heteroatoms. The van der Waals surface area contributed by atoms with Gasteiger partial charge in [-0.3, -0.25) is 9.59 Å². The van der Waals surface area contributed by atoms with E-state index in [1.54, 1.807) is 18.2 Å². The SMILES string of the molecule is CCNC(=O)C(Cc1ccccc1)N(Cc1ccccc1F)C(=O)CSCc1ccccc1C. The zero-order chi connectivity index (χ0) is 24.3. The lowest BCUT2D eigenvalue weighted by atomic mass is 10.0. The van der Waals surface area contributed by atoms with E-state index in [0.29, 0.717) is 24.3 Å². The number of hydrogen-bond acceptors (Lipinski definition) is 3. The fourth-order valence-corrected chi connectivity index (χ4v) is 4.75. The van der Waals surface area contributed by atoms with Gasteiger partial charge >= 0.3 is 0 Å². The van der Waals surface area contributed by atoms with Crippen LogP contribution < -0.4 is 5.32 Å². The number of carbonyl (C=O) groups is 2. The lowest BCUT2D eigenvalue weighted by molar-refractivity contribution is -0.139. The van der Waals surface area contributed by atoms with Gasteiger partial charge in [0.15, 0.2) is 0 Å². The van der Waals surface area contributed by atoms with Crippen LogP contribution >= 0.6 is 11.8 Å². The molecule has 34 heavy (non-hydrogen) atoms. The largest absolute Gasteiger partial charge is 0.355 e. The van der Waals surface area contributed by atoms with Gasteiger partial charge in [-0.2, -0.15) is 0 Å². The molecule has 2 amide bonds. The second-order valence-electron chi connectivity index (χ2n) is 8.13. The van der Waals surface area contributed by atoms with Crippen LogP contribution in [0.3, 0.4) is 0 Å². The third kappa shape index (κ3) is 7.19. The molecule has 3 aromatic carbocycles. The summed E-state index contributed by atoms with van der Waals surface area (Å²) < 4.78 is 14.5. The van der Waals surface area contributed by atoms with E-state index in [1.807, 2.05) is 62.4 Å². The quantitative estimate of drug-likeness (QED) is 0.415. The van der Waals surface area contributed by atoms with Crippen molar-refractivity contribution in [2.45, 2.75) is 38.6 Å². The fourth-order valence-electron chi connectivity index (χ4n) is 3.76. The molecular weight excluding hydrogens is 447 g/mol. The Morgan fingerprint density at radius 2 is 1.59 bits per heavy atom. The highest BCUT2D eigenvalue weighted by Crippen LogP contribution is 2.20. The molecular formula is C28H31FN2O2S. The van der Waals surface area contributed by atoms with Gasteiger partial charge in [-0.05, 0) is 36.6 Å². The summed E-state index contributed by atoms with van der Waals surface area (Å²) in [7, 11) is 0. The fraction of sp³-hybridized carbons (Fsp3) is 0.286. The van der Waals surface area contributed by atoms with Gasteiger partial charge in [-0.15, -0.1) is 11.8 Å². The minimum Gasteiger partial charge on any atom is -0.355 e. The van der Waals surface area contributed by atoms with Crippen molar-refractivity contribution < 1.29 is 14.0 Å². The van der Waals surface area contributed by atoms with Crippen molar-refractivity contribution in [3.8, 4) is 0 Å². The first-order chi connectivity index (χ1) is 16.5. The number of rotatable bonds is 11. The Bertz CT molecular complexity index is 1090. The van der Waals surface area contributed by atoms with Crippen LogP contribution in [0.15, 0.2) is 78.9 Å². The maximum absolute atomic E-state index is 14.5. The molecule has 1 atom stereocenters. The molecule has 0 aliphatic rings. The van der Waals surface area contributed by atoms with Gasteiger partial charge in [0.05, 0.1) is 5.75 Å². The average molecular weight is 479 g/mol. The maximum atomic E-state index is 14.5. The number of amides is 2. The van der Waals surface area contributed by atoms with Gasteiger partial charge in [0, 0.05) is 30.8 Å². The van der Waals surface area contributed by atoms with Crippen molar-refractivity contribution in [1.29, 1.82) is 0 Å².